The molecule has 1 aliphatic rings. The molecule has 0 saturated heterocycles. The Kier molecular flexibility index (Phi) is 4.42. The first-order valence-corrected chi connectivity index (χ1v) is 8.28. The molecule has 3 rings (SSSR count). The van der Waals surface area contributed by atoms with Crippen LogP contribution < -0.4 is 15.8 Å². The van der Waals surface area contributed by atoms with E-state index in [-0.39, 0.29) is 11.6 Å². The number of hydrogen-bond acceptors (Lipinski definition) is 4. The molecule has 2 N–H and O–H groups in total. The predicted octanol–water partition coefficient (Wildman–Crippen LogP) is 3.03. The van der Waals surface area contributed by atoms with Crippen molar-refractivity contribution in [3.8, 4) is 0 Å². The van der Waals surface area contributed by atoms with Crippen molar-refractivity contribution in [2.45, 2.75) is 31.7 Å². The quantitative estimate of drug-likeness (QED) is 0.857. The summed E-state index contributed by atoms with van der Waals surface area (Å²) in [4.78, 5) is 20.7. The highest BCUT2D eigenvalue weighted by Crippen LogP contribution is 2.40. The molecule has 0 radical (unpaired) electrons. The third-order valence-electron chi connectivity index (χ3n) is 4.34. The van der Waals surface area contributed by atoms with Gasteiger partial charge in [-0.25, -0.2) is 4.98 Å². The monoisotopic (exact) mass is 324 g/mol. The molecule has 1 atom stereocenters. The Balaban J connectivity index is 1.72. The molecule has 5 heteroatoms. The Morgan fingerprint density at radius 3 is 2.58 bits per heavy atom. The molecule has 0 spiro atoms. The normalized spacial score (nSPS) is 15.0. The summed E-state index contributed by atoms with van der Waals surface area (Å²) in [5.74, 6) is 1.28. The average molecular weight is 324 g/mol. The van der Waals surface area contributed by atoms with Crippen LogP contribution in [-0.2, 0) is 0 Å². The highest BCUT2D eigenvalue weighted by Gasteiger charge is 2.23. The molecule has 126 valence electrons. The lowest BCUT2D eigenvalue weighted by atomic mass is 10.0. The molecule has 2 aromatic rings. The Labute approximate surface area is 142 Å². The van der Waals surface area contributed by atoms with E-state index in [0.29, 0.717) is 17.3 Å². The minimum absolute atomic E-state index is 0.0923. The van der Waals surface area contributed by atoms with Gasteiger partial charge in [-0.15, -0.1) is 0 Å². The second-order valence-corrected chi connectivity index (χ2v) is 6.63. The smallest absolute Gasteiger partial charge is 0.252 e. The van der Waals surface area contributed by atoms with Gasteiger partial charge in [0.05, 0.1) is 11.4 Å². The molecule has 5 nitrogen and oxygen atoms in total. The summed E-state index contributed by atoms with van der Waals surface area (Å²) in [5, 5.41) is 3.34. The second kappa shape index (κ2) is 6.51. The van der Waals surface area contributed by atoms with Gasteiger partial charge >= 0.3 is 0 Å². The summed E-state index contributed by atoms with van der Waals surface area (Å²) in [5.41, 5.74) is 3.63. The van der Waals surface area contributed by atoms with Crippen molar-refractivity contribution in [2.24, 2.45) is 0 Å². The van der Waals surface area contributed by atoms with Crippen molar-refractivity contribution in [3.05, 3.63) is 64.1 Å². The molecule has 1 saturated carbocycles. The van der Waals surface area contributed by atoms with Crippen molar-refractivity contribution < 1.29 is 0 Å². The Bertz CT molecular complexity index is 788. The molecule has 24 heavy (non-hydrogen) atoms. The zero-order chi connectivity index (χ0) is 17.3. The summed E-state index contributed by atoms with van der Waals surface area (Å²) in [6, 6.07) is 10.3. The van der Waals surface area contributed by atoms with Gasteiger partial charge < -0.3 is 10.2 Å². The van der Waals surface area contributed by atoms with E-state index in [1.165, 1.54) is 30.0 Å². The standard InChI is InChI=1S/C19H24N4O/c1-12(14-5-7-15(8-6-14)16-9-10-16)20-13(2)17-11-18(24)22-19(21-17)23(3)4/h5-8,11-12,16,20H,2,9-10H2,1,3-4H3,(H,21,22,24)/t12-/m1/s1. The van der Waals surface area contributed by atoms with Crippen LogP contribution in [0.5, 0.6) is 0 Å². The van der Waals surface area contributed by atoms with E-state index in [4.69, 9.17) is 0 Å². The molecule has 1 aliphatic carbocycles. The molecule has 0 amide bonds. The molecule has 0 bridgehead atoms. The minimum atomic E-state index is -0.187. The van der Waals surface area contributed by atoms with Crippen molar-refractivity contribution in [3.63, 3.8) is 0 Å². The molecule has 1 aromatic carbocycles. The largest absolute Gasteiger partial charge is 0.377 e. The topological polar surface area (TPSA) is 61.0 Å². The van der Waals surface area contributed by atoms with Crippen LogP contribution in [-0.4, -0.2) is 24.1 Å². The molecular formula is C19H24N4O. The third-order valence-corrected chi connectivity index (χ3v) is 4.34. The average Bonchev–Trinajstić information content (AvgIpc) is 3.39. The van der Waals surface area contributed by atoms with Crippen molar-refractivity contribution in [1.29, 1.82) is 0 Å². The van der Waals surface area contributed by atoms with Gasteiger partial charge in [0.1, 0.15) is 0 Å². The molecule has 1 fully saturated rings. The SMILES string of the molecule is C=C(N[C@H](C)c1ccc(C2CC2)cc1)c1cc(=O)[nH]c(N(C)C)n1. The lowest BCUT2D eigenvalue weighted by Crippen LogP contribution is -2.22. The summed E-state index contributed by atoms with van der Waals surface area (Å²) in [7, 11) is 3.67. The highest BCUT2D eigenvalue weighted by molar-refractivity contribution is 5.59. The van der Waals surface area contributed by atoms with E-state index in [2.05, 4.69) is 53.1 Å². The number of nitrogens with zero attached hydrogens (tertiary/aromatic N) is 2. The summed E-state index contributed by atoms with van der Waals surface area (Å²) >= 11 is 0. The van der Waals surface area contributed by atoms with E-state index in [1.807, 2.05) is 14.1 Å². The molecule has 1 aromatic heterocycles. The van der Waals surface area contributed by atoms with Crippen LogP contribution >= 0.6 is 0 Å². The van der Waals surface area contributed by atoms with Gasteiger partial charge in [-0.05, 0) is 36.8 Å². The van der Waals surface area contributed by atoms with E-state index < -0.39 is 0 Å². The van der Waals surface area contributed by atoms with Gasteiger partial charge in [0.15, 0.2) is 0 Å². The maximum atomic E-state index is 11.8. The number of hydrogen-bond donors (Lipinski definition) is 2. The predicted molar refractivity (Wildman–Crippen MR) is 98.2 cm³/mol. The van der Waals surface area contributed by atoms with E-state index >= 15 is 0 Å². The molecule has 1 heterocycles. The lowest BCUT2D eigenvalue weighted by molar-refractivity contribution is 0.698. The van der Waals surface area contributed by atoms with Crippen LogP contribution in [0.1, 0.15) is 48.5 Å². The van der Waals surface area contributed by atoms with Gasteiger partial charge in [0.25, 0.3) is 5.56 Å². The number of aromatic amines is 1. The number of H-pyrrole nitrogens is 1. The fourth-order valence-electron chi connectivity index (χ4n) is 2.70. The first-order chi connectivity index (χ1) is 11.4. The second-order valence-electron chi connectivity index (χ2n) is 6.63. The number of benzene rings is 1. The van der Waals surface area contributed by atoms with Gasteiger partial charge in [0, 0.05) is 26.2 Å². The number of nitrogens with one attached hydrogen (secondary N) is 2. The number of aromatic nitrogens is 2. The maximum absolute atomic E-state index is 11.8. The minimum Gasteiger partial charge on any atom is -0.377 e. The van der Waals surface area contributed by atoms with Crippen LogP contribution in [0, 0.1) is 0 Å². The van der Waals surface area contributed by atoms with Crippen molar-refractivity contribution in [2.75, 3.05) is 19.0 Å². The summed E-state index contributed by atoms with van der Waals surface area (Å²) < 4.78 is 0. The van der Waals surface area contributed by atoms with Crippen LogP contribution in [0.25, 0.3) is 5.70 Å². The van der Waals surface area contributed by atoms with Crippen LogP contribution in [0.15, 0.2) is 41.7 Å². The van der Waals surface area contributed by atoms with Gasteiger partial charge in [-0.2, -0.15) is 0 Å². The zero-order valence-corrected chi connectivity index (χ0v) is 14.5. The van der Waals surface area contributed by atoms with Crippen LogP contribution in [0.4, 0.5) is 5.95 Å². The number of anilines is 1. The first kappa shape index (κ1) is 16.3. The fourth-order valence-corrected chi connectivity index (χ4v) is 2.70. The van der Waals surface area contributed by atoms with Gasteiger partial charge in [0.2, 0.25) is 5.95 Å². The van der Waals surface area contributed by atoms with Crippen LogP contribution in [0.3, 0.4) is 0 Å². The summed E-state index contributed by atoms with van der Waals surface area (Å²) in [6.07, 6.45) is 2.62. The van der Waals surface area contributed by atoms with Crippen LogP contribution in [0.2, 0.25) is 0 Å². The maximum Gasteiger partial charge on any atom is 0.252 e. The Morgan fingerprint density at radius 1 is 1.33 bits per heavy atom. The lowest BCUT2D eigenvalue weighted by Gasteiger charge is -2.18. The van der Waals surface area contributed by atoms with E-state index in [9.17, 15) is 4.79 Å². The van der Waals surface area contributed by atoms with E-state index in [0.717, 1.165) is 5.92 Å². The molecular weight excluding hydrogens is 300 g/mol. The van der Waals surface area contributed by atoms with Crippen molar-refractivity contribution >= 4 is 11.6 Å². The van der Waals surface area contributed by atoms with Crippen molar-refractivity contribution in [1.82, 2.24) is 15.3 Å². The van der Waals surface area contributed by atoms with Gasteiger partial charge in [-0.3, -0.25) is 9.78 Å². The Morgan fingerprint density at radius 2 is 2.00 bits per heavy atom. The Hall–Kier alpha value is -2.56. The molecule has 0 aliphatic heterocycles. The van der Waals surface area contributed by atoms with Gasteiger partial charge in [-0.1, -0.05) is 30.8 Å². The highest BCUT2D eigenvalue weighted by atomic mass is 16.1. The number of rotatable bonds is 6. The zero-order valence-electron chi connectivity index (χ0n) is 14.5. The fraction of sp³-hybridized carbons (Fsp3) is 0.368. The molecule has 0 unspecified atom stereocenters. The van der Waals surface area contributed by atoms with E-state index in [1.54, 1.807) is 4.90 Å². The third kappa shape index (κ3) is 3.67. The first-order valence-electron chi connectivity index (χ1n) is 8.28. The summed E-state index contributed by atoms with van der Waals surface area (Å²) in [6.45, 7) is 6.12.